The molecule has 0 aromatic carbocycles. The van der Waals surface area contributed by atoms with E-state index < -0.39 is 0 Å². The van der Waals surface area contributed by atoms with Gasteiger partial charge in [-0.05, 0) is 18.3 Å². The van der Waals surface area contributed by atoms with Gasteiger partial charge < -0.3 is 10.2 Å². The van der Waals surface area contributed by atoms with Gasteiger partial charge >= 0.3 is 0 Å². The highest BCUT2D eigenvalue weighted by molar-refractivity contribution is 7.15. The summed E-state index contributed by atoms with van der Waals surface area (Å²) in [5.41, 5.74) is 0.312. The fraction of sp³-hybridized carbons (Fsp3) is 0.769. The maximum Gasteiger partial charge on any atom is 0.185 e. The van der Waals surface area contributed by atoms with E-state index in [0.717, 1.165) is 24.3 Å². The van der Waals surface area contributed by atoms with E-state index in [2.05, 4.69) is 43.0 Å². The molecule has 17 heavy (non-hydrogen) atoms. The zero-order valence-corrected chi connectivity index (χ0v) is 12.1. The van der Waals surface area contributed by atoms with Crippen LogP contribution < -0.4 is 10.2 Å². The van der Waals surface area contributed by atoms with Gasteiger partial charge in [0, 0.05) is 37.3 Å². The first-order valence-corrected chi connectivity index (χ1v) is 7.15. The Morgan fingerprint density at radius 3 is 2.76 bits per heavy atom. The molecule has 0 amide bonds. The van der Waals surface area contributed by atoms with Crippen LogP contribution in [0.1, 0.15) is 38.5 Å². The number of hydrogen-bond acceptors (Lipinski definition) is 4. The van der Waals surface area contributed by atoms with E-state index in [0.29, 0.717) is 5.41 Å². The smallest absolute Gasteiger partial charge is 0.185 e. The molecule has 0 atom stereocenters. The summed E-state index contributed by atoms with van der Waals surface area (Å²) in [5.74, 6) is 0. The van der Waals surface area contributed by atoms with E-state index in [1.165, 1.54) is 17.7 Å². The number of aromatic nitrogens is 1. The molecule has 1 N–H and O–H groups in total. The average Bonchev–Trinajstić information content (AvgIpc) is 2.90. The van der Waals surface area contributed by atoms with Crippen molar-refractivity contribution in [3.8, 4) is 0 Å². The van der Waals surface area contributed by atoms with Crippen LogP contribution in [0.2, 0.25) is 0 Å². The summed E-state index contributed by atoms with van der Waals surface area (Å²) in [6.45, 7) is 8.79. The molecule has 1 aliphatic carbocycles. The first kappa shape index (κ1) is 12.8. The van der Waals surface area contributed by atoms with Crippen LogP contribution in [0.25, 0.3) is 0 Å². The van der Waals surface area contributed by atoms with Crippen molar-refractivity contribution in [2.24, 2.45) is 5.41 Å². The molecule has 0 bridgehead atoms. The summed E-state index contributed by atoms with van der Waals surface area (Å²) in [7, 11) is 2.13. The third-order valence-corrected chi connectivity index (χ3v) is 3.83. The number of nitrogens with one attached hydrogen (secondary N) is 1. The minimum atomic E-state index is 0.312. The van der Waals surface area contributed by atoms with Crippen molar-refractivity contribution >= 4 is 16.5 Å². The summed E-state index contributed by atoms with van der Waals surface area (Å²) in [6, 6.07) is 0.771. The quantitative estimate of drug-likeness (QED) is 0.874. The Bertz CT molecular complexity index is 363. The van der Waals surface area contributed by atoms with Gasteiger partial charge in [-0.25, -0.2) is 4.98 Å². The topological polar surface area (TPSA) is 28.2 Å². The standard InChI is InChI=1S/C13H23N3S/c1-13(2,3)9-16(4)12-15-8-11(17-12)7-14-10-5-6-10/h8,10,14H,5-7,9H2,1-4H3. The van der Waals surface area contributed by atoms with Gasteiger partial charge in [0.05, 0.1) is 0 Å². The largest absolute Gasteiger partial charge is 0.351 e. The summed E-state index contributed by atoms with van der Waals surface area (Å²) in [4.78, 5) is 8.10. The van der Waals surface area contributed by atoms with E-state index in [1.54, 1.807) is 11.3 Å². The fourth-order valence-corrected chi connectivity index (χ4v) is 2.69. The molecule has 0 spiro atoms. The first-order valence-electron chi connectivity index (χ1n) is 6.33. The van der Waals surface area contributed by atoms with Crippen LogP contribution in [0.5, 0.6) is 0 Å². The summed E-state index contributed by atoms with van der Waals surface area (Å²) in [5, 5.41) is 4.66. The minimum absolute atomic E-state index is 0.312. The summed E-state index contributed by atoms with van der Waals surface area (Å²) in [6.07, 6.45) is 4.69. The molecule has 96 valence electrons. The van der Waals surface area contributed by atoms with Crippen LogP contribution >= 0.6 is 11.3 Å². The van der Waals surface area contributed by atoms with Gasteiger partial charge in [0.1, 0.15) is 0 Å². The molecule has 1 heterocycles. The lowest BCUT2D eigenvalue weighted by molar-refractivity contribution is 0.419. The second-order valence-corrected chi connectivity index (χ2v) is 7.27. The van der Waals surface area contributed by atoms with Gasteiger partial charge in [-0.3, -0.25) is 0 Å². The SMILES string of the molecule is CN(CC(C)(C)C)c1ncc(CNC2CC2)s1. The highest BCUT2D eigenvalue weighted by atomic mass is 32.1. The second-order valence-electron chi connectivity index (χ2n) is 6.18. The Hall–Kier alpha value is -0.610. The molecule has 0 aliphatic heterocycles. The molecular weight excluding hydrogens is 230 g/mol. The predicted octanol–water partition coefficient (Wildman–Crippen LogP) is 2.88. The molecule has 0 unspecified atom stereocenters. The van der Waals surface area contributed by atoms with Crippen LogP contribution in [0.3, 0.4) is 0 Å². The normalized spacial score (nSPS) is 16.2. The van der Waals surface area contributed by atoms with Crippen LogP contribution in [-0.4, -0.2) is 24.6 Å². The Balaban J connectivity index is 1.87. The minimum Gasteiger partial charge on any atom is -0.351 e. The van der Waals surface area contributed by atoms with E-state index in [-0.39, 0.29) is 0 Å². The van der Waals surface area contributed by atoms with Gasteiger partial charge in [0.2, 0.25) is 0 Å². The third kappa shape index (κ3) is 4.28. The van der Waals surface area contributed by atoms with Crippen LogP contribution in [0.4, 0.5) is 5.13 Å². The highest BCUT2D eigenvalue weighted by Gasteiger charge is 2.21. The zero-order chi connectivity index (χ0) is 12.5. The Morgan fingerprint density at radius 2 is 2.18 bits per heavy atom. The van der Waals surface area contributed by atoms with E-state index in [9.17, 15) is 0 Å². The monoisotopic (exact) mass is 253 g/mol. The molecule has 4 heteroatoms. The van der Waals surface area contributed by atoms with E-state index >= 15 is 0 Å². The molecule has 0 saturated heterocycles. The molecule has 0 radical (unpaired) electrons. The third-order valence-electron chi connectivity index (χ3n) is 2.72. The van der Waals surface area contributed by atoms with Gasteiger partial charge in [-0.2, -0.15) is 0 Å². The molecule has 1 aromatic heterocycles. The number of anilines is 1. The Labute approximate surface area is 108 Å². The number of nitrogens with zero attached hydrogens (tertiary/aromatic N) is 2. The maximum absolute atomic E-state index is 4.50. The molecular formula is C13H23N3S. The Morgan fingerprint density at radius 1 is 1.47 bits per heavy atom. The van der Waals surface area contributed by atoms with Crippen molar-refractivity contribution in [3.63, 3.8) is 0 Å². The van der Waals surface area contributed by atoms with Gasteiger partial charge in [-0.1, -0.05) is 20.8 Å². The molecule has 1 fully saturated rings. The van der Waals surface area contributed by atoms with Crippen LogP contribution in [-0.2, 0) is 6.54 Å². The lowest BCUT2D eigenvalue weighted by Gasteiger charge is -2.26. The highest BCUT2D eigenvalue weighted by Crippen LogP contribution is 2.26. The van der Waals surface area contributed by atoms with Gasteiger partial charge in [-0.15, -0.1) is 11.3 Å². The molecule has 3 nitrogen and oxygen atoms in total. The maximum atomic E-state index is 4.50. The summed E-state index contributed by atoms with van der Waals surface area (Å²) < 4.78 is 0. The van der Waals surface area contributed by atoms with Gasteiger partial charge in [0.25, 0.3) is 0 Å². The van der Waals surface area contributed by atoms with Crippen molar-refractivity contribution < 1.29 is 0 Å². The zero-order valence-electron chi connectivity index (χ0n) is 11.3. The van der Waals surface area contributed by atoms with Crippen LogP contribution in [0, 0.1) is 5.41 Å². The molecule has 1 aliphatic rings. The summed E-state index contributed by atoms with van der Waals surface area (Å²) >= 11 is 1.80. The molecule has 1 saturated carbocycles. The fourth-order valence-electron chi connectivity index (χ4n) is 1.87. The van der Waals surface area contributed by atoms with Crippen molar-refractivity contribution in [3.05, 3.63) is 11.1 Å². The van der Waals surface area contributed by atoms with Crippen molar-refractivity contribution in [2.75, 3.05) is 18.5 Å². The van der Waals surface area contributed by atoms with Crippen molar-refractivity contribution in [1.82, 2.24) is 10.3 Å². The van der Waals surface area contributed by atoms with Crippen molar-refractivity contribution in [1.29, 1.82) is 0 Å². The number of thiazole rings is 1. The molecule has 1 aromatic rings. The lowest BCUT2D eigenvalue weighted by Crippen LogP contribution is -2.28. The lowest BCUT2D eigenvalue weighted by atomic mass is 9.96. The van der Waals surface area contributed by atoms with Gasteiger partial charge in [0.15, 0.2) is 5.13 Å². The van der Waals surface area contributed by atoms with E-state index in [4.69, 9.17) is 0 Å². The second kappa shape index (κ2) is 4.94. The number of hydrogen-bond donors (Lipinski definition) is 1. The Kier molecular flexibility index (Phi) is 3.73. The molecule has 2 rings (SSSR count). The van der Waals surface area contributed by atoms with E-state index in [1.807, 2.05) is 6.20 Å². The first-order chi connectivity index (χ1) is 7.94. The average molecular weight is 253 g/mol. The predicted molar refractivity (Wildman–Crippen MR) is 74.7 cm³/mol. The van der Waals surface area contributed by atoms with Crippen molar-refractivity contribution in [2.45, 2.75) is 46.2 Å². The van der Waals surface area contributed by atoms with Crippen LogP contribution in [0.15, 0.2) is 6.20 Å². The number of rotatable bonds is 5.